The lowest BCUT2D eigenvalue weighted by Crippen LogP contribution is -2.41. The van der Waals surface area contributed by atoms with Crippen LogP contribution >= 0.6 is 0 Å². The summed E-state index contributed by atoms with van der Waals surface area (Å²) in [5.41, 5.74) is 1.06. The largest absolute Gasteiger partial charge is 0.354 e. The van der Waals surface area contributed by atoms with Gasteiger partial charge in [0.05, 0.1) is 17.8 Å². The monoisotopic (exact) mass is 269 g/mol. The highest BCUT2D eigenvalue weighted by atomic mass is 16.7. The van der Waals surface area contributed by atoms with Crippen LogP contribution in [0.5, 0.6) is 0 Å². The molecule has 0 saturated heterocycles. The van der Waals surface area contributed by atoms with E-state index in [4.69, 9.17) is 9.47 Å². The molecule has 0 aromatic carbocycles. The fourth-order valence-corrected chi connectivity index (χ4v) is 2.34. The summed E-state index contributed by atoms with van der Waals surface area (Å²) in [6.45, 7) is 4.38. The van der Waals surface area contributed by atoms with Gasteiger partial charge >= 0.3 is 0 Å². The van der Waals surface area contributed by atoms with Crippen LogP contribution in [0.2, 0.25) is 0 Å². The Morgan fingerprint density at radius 2 is 1.89 bits per heavy atom. The minimum Gasteiger partial charge on any atom is -0.354 e. The van der Waals surface area contributed by atoms with Crippen LogP contribution in [0.4, 0.5) is 0 Å². The third kappa shape index (κ3) is 4.30. The molecule has 0 saturated carbocycles. The van der Waals surface area contributed by atoms with Gasteiger partial charge in [0, 0.05) is 26.8 Å². The molecule has 1 aromatic rings. The van der Waals surface area contributed by atoms with E-state index in [1.54, 1.807) is 14.2 Å². The van der Waals surface area contributed by atoms with Crippen molar-refractivity contribution in [3.63, 3.8) is 0 Å². The zero-order valence-electron chi connectivity index (χ0n) is 12.7. The fraction of sp³-hybridized carbons (Fsp3) is 0.786. The molecule has 0 aliphatic rings. The molecule has 1 atom stereocenters. The average molecular weight is 269 g/mol. The molecule has 1 rings (SSSR count). The Kier molecular flexibility index (Phi) is 7.05. The first-order chi connectivity index (χ1) is 9.19. The molecular weight excluding hydrogens is 242 g/mol. The van der Waals surface area contributed by atoms with Crippen molar-refractivity contribution >= 4 is 0 Å². The lowest BCUT2D eigenvalue weighted by atomic mass is 10.1. The Hall–Kier alpha value is -0.910. The maximum atomic E-state index is 5.30. The van der Waals surface area contributed by atoms with Gasteiger partial charge in [0.15, 0.2) is 6.29 Å². The van der Waals surface area contributed by atoms with Crippen molar-refractivity contribution in [1.29, 1.82) is 0 Å². The second-order valence-corrected chi connectivity index (χ2v) is 4.70. The number of hydrogen-bond donors (Lipinski definition) is 1. The van der Waals surface area contributed by atoms with Crippen molar-refractivity contribution in [3.8, 4) is 0 Å². The first kappa shape index (κ1) is 16.1. The summed E-state index contributed by atoms with van der Waals surface area (Å²) in [6.07, 6.45) is 4.80. The number of aromatic nitrogens is 2. The van der Waals surface area contributed by atoms with E-state index < -0.39 is 0 Å². The topological polar surface area (TPSA) is 48.3 Å². The molecule has 0 fully saturated rings. The second-order valence-electron chi connectivity index (χ2n) is 4.70. The number of ether oxygens (including phenoxy) is 2. The summed E-state index contributed by atoms with van der Waals surface area (Å²) >= 11 is 0. The van der Waals surface area contributed by atoms with E-state index in [0.29, 0.717) is 6.04 Å². The predicted octanol–water partition coefficient (Wildman–Crippen LogP) is 1.99. The van der Waals surface area contributed by atoms with Gasteiger partial charge in [-0.05, 0) is 26.0 Å². The van der Waals surface area contributed by atoms with Crippen molar-refractivity contribution in [1.82, 2.24) is 15.1 Å². The highest BCUT2D eigenvalue weighted by Crippen LogP contribution is 2.15. The van der Waals surface area contributed by atoms with Gasteiger partial charge in [0.2, 0.25) is 0 Å². The quantitative estimate of drug-likeness (QED) is 0.697. The SMILES string of the molecule is CCC(CC)n1ccc(CC(NC)C(OC)OC)n1. The standard InChI is InChI=1S/C14H27N3O2/c1-6-12(7-2)17-9-8-11(16-17)10-13(15-3)14(18-4)19-5/h8-9,12-15H,6-7,10H2,1-5H3. The van der Waals surface area contributed by atoms with Gasteiger partial charge in [0.25, 0.3) is 0 Å². The summed E-state index contributed by atoms with van der Waals surface area (Å²) in [6, 6.07) is 2.66. The summed E-state index contributed by atoms with van der Waals surface area (Å²) in [4.78, 5) is 0. The number of methoxy groups -OCH3 is 2. The lowest BCUT2D eigenvalue weighted by Gasteiger charge is -2.23. The molecule has 1 heterocycles. The molecule has 0 aliphatic heterocycles. The van der Waals surface area contributed by atoms with Crippen LogP contribution in [0, 0.1) is 0 Å². The number of nitrogens with zero attached hydrogens (tertiary/aromatic N) is 2. The molecule has 0 bridgehead atoms. The van der Waals surface area contributed by atoms with E-state index in [9.17, 15) is 0 Å². The van der Waals surface area contributed by atoms with Gasteiger partial charge in [0.1, 0.15) is 0 Å². The molecule has 0 amide bonds. The predicted molar refractivity (Wildman–Crippen MR) is 76.2 cm³/mol. The summed E-state index contributed by atoms with van der Waals surface area (Å²) < 4.78 is 12.7. The van der Waals surface area contributed by atoms with E-state index in [-0.39, 0.29) is 12.3 Å². The first-order valence-electron chi connectivity index (χ1n) is 6.96. The minimum atomic E-state index is -0.261. The van der Waals surface area contributed by atoms with E-state index >= 15 is 0 Å². The molecule has 110 valence electrons. The Labute approximate surface area is 116 Å². The van der Waals surface area contributed by atoms with Crippen molar-refractivity contribution in [2.45, 2.75) is 51.5 Å². The normalized spacial score (nSPS) is 13.4. The molecule has 1 unspecified atom stereocenters. The molecule has 0 radical (unpaired) electrons. The third-order valence-corrected chi connectivity index (χ3v) is 3.57. The molecule has 0 aliphatic carbocycles. The van der Waals surface area contributed by atoms with E-state index in [0.717, 1.165) is 25.0 Å². The van der Waals surface area contributed by atoms with Gasteiger partial charge in [-0.25, -0.2) is 0 Å². The third-order valence-electron chi connectivity index (χ3n) is 3.57. The Balaban J connectivity index is 2.70. The highest BCUT2D eigenvalue weighted by Gasteiger charge is 2.20. The summed E-state index contributed by atoms with van der Waals surface area (Å²) in [5.74, 6) is 0. The van der Waals surface area contributed by atoms with E-state index in [2.05, 4.69) is 41.2 Å². The van der Waals surface area contributed by atoms with Crippen LogP contribution in [0.3, 0.4) is 0 Å². The zero-order chi connectivity index (χ0) is 14.3. The van der Waals surface area contributed by atoms with Crippen molar-refractivity contribution in [2.24, 2.45) is 0 Å². The van der Waals surface area contributed by atoms with Crippen molar-refractivity contribution < 1.29 is 9.47 Å². The maximum Gasteiger partial charge on any atom is 0.172 e. The van der Waals surface area contributed by atoms with Gasteiger partial charge in [-0.1, -0.05) is 13.8 Å². The Bertz CT molecular complexity index is 346. The number of hydrogen-bond acceptors (Lipinski definition) is 4. The molecule has 5 nitrogen and oxygen atoms in total. The van der Waals surface area contributed by atoms with Crippen LogP contribution < -0.4 is 5.32 Å². The van der Waals surface area contributed by atoms with E-state index in [1.807, 2.05) is 7.05 Å². The molecule has 1 N–H and O–H groups in total. The molecular formula is C14H27N3O2. The maximum absolute atomic E-state index is 5.30. The van der Waals surface area contributed by atoms with Crippen LogP contribution in [-0.4, -0.2) is 43.4 Å². The first-order valence-corrected chi connectivity index (χ1v) is 6.96. The van der Waals surface area contributed by atoms with Crippen LogP contribution in [0.25, 0.3) is 0 Å². The van der Waals surface area contributed by atoms with Gasteiger partial charge < -0.3 is 14.8 Å². The highest BCUT2D eigenvalue weighted by molar-refractivity contribution is 5.02. The Morgan fingerprint density at radius 3 is 2.37 bits per heavy atom. The Morgan fingerprint density at radius 1 is 1.26 bits per heavy atom. The van der Waals surface area contributed by atoms with E-state index in [1.165, 1.54) is 0 Å². The van der Waals surface area contributed by atoms with Crippen LogP contribution in [-0.2, 0) is 15.9 Å². The zero-order valence-corrected chi connectivity index (χ0v) is 12.7. The smallest absolute Gasteiger partial charge is 0.172 e. The second kappa shape index (κ2) is 8.30. The minimum absolute atomic E-state index is 0.0973. The molecule has 1 aromatic heterocycles. The number of nitrogens with one attached hydrogen (secondary N) is 1. The van der Waals surface area contributed by atoms with Crippen molar-refractivity contribution in [2.75, 3.05) is 21.3 Å². The average Bonchev–Trinajstić information content (AvgIpc) is 2.89. The summed E-state index contributed by atoms with van der Waals surface area (Å²) in [5, 5.41) is 7.88. The number of likely N-dealkylation sites (N-methyl/N-ethyl adjacent to an activating group) is 1. The van der Waals surface area contributed by atoms with Crippen molar-refractivity contribution in [3.05, 3.63) is 18.0 Å². The van der Waals surface area contributed by atoms with Gasteiger partial charge in [-0.3, -0.25) is 4.68 Å². The van der Waals surface area contributed by atoms with Gasteiger partial charge in [-0.15, -0.1) is 0 Å². The fourth-order valence-electron chi connectivity index (χ4n) is 2.34. The molecule has 19 heavy (non-hydrogen) atoms. The van der Waals surface area contributed by atoms with Gasteiger partial charge in [-0.2, -0.15) is 5.10 Å². The van der Waals surface area contributed by atoms with Crippen LogP contribution in [0.15, 0.2) is 12.3 Å². The lowest BCUT2D eigenvalue weighted by molar-refractivity contribution is -0.121. The number of rotatable bonds is 9. The summed E-state index contributed by atoms with van der Waals surface area (Å²) in [7, 11) is 5.22. The van der Waals surface area contributed by atoms with Crippen LogP contribution in [0.1, 0.15) is 38.4 Å². The molecule has 5 heteroatoms. The molecule has 0 spiro atoms.